The summed E-state index contributed by atoms with van der Waals surface area (Å²) in [7, 11) is -64.5. The van der Waals surface area contributed by atoms with Gasteiger partial charge in [0.25, 0.3) is 0 Å². The molecule has 6 fully saturated rings. The lowest BCUT2D eigenvalue weighted by Gasteiger charge is -2.63. The van der Waals surface area contributed by atoms with Crippen LogP contribution in [-0.4, -0.2) is 184 Å². The van der Waals surface area contributed by atoms with Crippen molar-refractivity contribution in [2.75, 3.05) is 78.5 Å². The van der Waals surface area contributed by atoms with E-state index in [-0.39, 0.29) is 156 Å². The van der Waals surface area contributed by atoms with E-state index in [0.717, 1.165) is 0 Å². The van der Waals surface area contributed by atoms with E-state index in [1.54, 1.807) is 0 Å². The lowest BCUT2D eigenvalue weighted by Crippen LogP contribution is -2.88. The van der Waals surface area contributed by atoms with Crippen molar-refractivity contribution >= 4 is 106 Å². The van der Waals surface area contributed by atoms with E-state index in [1.807, 2.05) is 0 Å². The van der Waals surface area contributed by atoms with Crippen LogP contribution in [0.5, 0.6) is 0 Å². The molecular formula is C36H72N36O18Si12. The standard InChI is InChI=1S/C36H72N36O18Si12/c37-61-49-13-1-25-91-73-92(26-2-14-50-62-38)81-95(29-5-17-53-65-41)74-93(79-91,27-3-15-51-63-39)83-97(31-7-19-55-67-43)76-99(85-95,33-9-21-57-69-45)89-102(36-12-24-60-72-48)78-101(87-97,35-11-23-59-71-47)88-98(32-8-20-56-68-44)77-100(90-102,34-10-22-58-70-46)86-96(82-92,30-6-18-54-66-42)75-94(80-91,84-98)28-4-16-52-64-40/h1-36H2. The molecule has 0 aliphatic carbocycles. The predicted octanol–water partition coefficient (Wildman–Crippen LogP) is 14.1. The molecule has 0 unspecified atom stereocenters. The molecule has 12 bridgehead atoms. The Morgan fingerprint density at radius 1 is 0.137 bits per heavy atom. The first-order valence-electron chi connectivity index (χ1n) is 32.2. The molecule has 0 N–H and O–H groups in total. The third kappa shape index (κ3) is 23.3. The molecule has 0 aromatic heterocycles. The summed E-state index contributed by atoms with van der Waals surface area (Å²) in [6.07, 6.45) is -1.86. The van der Waals surface area contributed by atoms with Crippen LogP contribution in [0.15, 0.2) is 61.4 Å². The number of azide groups is 12. The van der Waals surface area contributed by atoms with Gasteiger partial charge in [-0.2, -0.15) is 0 Å². The van der Waals surface area contributed by atoms with Crippen molar-refractivity contribution in [1.29, 1.82) is 0 Å². The summed E-state index contributed by atoms with van der Waals surface area (Å²) in [4.78, 5) is 36.2. The van der Waals surface area contributed by atoms with Gasteiger partial charge in [0.1, 0.15) is 0 Å². The zero-order valence-electron chi connectivity index (χ0n) is 54.9. The van der Waals surface area contributed by atoms with Gasteiger partial charge in [0, 0.05) is 210 Å². The summed E-state index contributed by atoms with van der Waals surface area (Å²) in [5.74, 6) is 0. The SMILES string of the molecule is [N-]=[N+]=NCCC[Si]12O[Si]3(CCCN=[N+]=[N-])O[Si]4(CCCN=[N+]=[N-])O[Si](CCCN=[N+]=[N-])(O1)O[Si]1(CCCN=[N+]=[N-])O[Si](CCCN=[N+]=[N-])(O4)O[Si]4(CCCN=[N+]=[N-])O[Si](CCCN=[N+]=[N-])(O1)O[Si]1(CCCN=[N+]=[N-])O[Si](CCCN=[N+]=[N-])(O[Si](CCCN=[N+]=[N-])(O[Si](CCCN=[N+]=[N-])(O2)O1)O3)O4. The first kappa shape index (κ1) is 82.9. The van der Waals surface area contributed by atoms with Crippen molar-refractivity contribution in [3.63, 3.8) is 0 Å². The van der Waals surface area contributed by atoms with Gasteiger partial charge in [0.15, 0.2) is 0 Å². The van der Waals surface area contributed by atoms with E-state index < -0.39 is 178 Å². The minimum Gasteiger partial charge on any atom is -0.373 e. The van der Waals surface area contributed by atoms with Crippen molar-refractivity contribution < 1.29 is 74.1 Å². The van der Waals surface area contributed by atoms with Crippen molar-refractivity contribution in [3.05, 3.63) is 125 Å². The molecule has 54 nitrogen and oxygen atoms in total. The third-order valence-electron chi connectivity index (χ3n) is 15.2. The highest BCUT2D eigenvalue weighted by molar-refractivity contribution is 7.04. The smallest absolute Gasteiger partial charge is 0.373 e. The minimum absolute atomic E-state index is 0.155. The van der Waals surface area contributed by atoms with Crippen LogP contribution in [0, 0.1) is 0 Å². The third-order valence-corrected chi connectivity index (χ3v) is 71.6. The van der Waals surface area contributed by atoms with Crippen LogP contribution in [0.1, 0.15) is 77.0 Å². The van der Waals surface area contributed by atoms with E-state index >= 15 is 0 Å². The summed E-state index contributed by atoms with van der Waals surface area (Å²) in [5, 5.41) is 46.4. The average molecular weight is 1630 g/mol. The minimum atomic E-state index is -5.37. The van der Waals surface area contributed by atoms with Gasteiger partial charge in [0.05, 0.1) is 0 Å². The highest BCUT2D eigenvalue weighted by Crippen LogP contribution is 2.56. The van der Waals surface area contributed by atoms with E-state index in [9.17, 15) is 66.4 Å². The highest BCUT2D eigenvalue weighted by atomic mass is 28.6. The molecule has 0 atom stereocenters. The molecule has 0 amide bonds. The van der Waals surface area contributed by atoms with Gasteiger partial charge in [0.2, 0.25) is 0 Å². The molecule has 66 heteroatoms. The van der Waals surface area contributed by atoms with Crippen molar-refractivity contribution in [3.8, 4) is 0 Å². The Kier molecular flexibility index (Phi) is 32.7. The Bertz CT molecular complexity index is 2690. The molecule has 6 heterocycles. The first-order chi connectivity index (χ1) is 49.5. The predicted molar refractivity (Wildman–Crippen MR) is 370 cm³/mol. The molecule has 102 heavy (non-hydrogen) atoms. The lowest BCUT2D eigenvalue weighted by atomic mass is 10.5. The quantitative estimate of drug-likeness (QED) is 0.0179. The topological polar surface area (TPSA) is 751 Å². The number of rotatable bonds is 48. The Morgan fingerprint density at radius 3 is 0.265 bits per heavy atom. The van der Waals surface area contributed by atoms with Crippen LogP contribution in [0.25, 0.3) is 125 Å². The van der Waals surface area contributed by atoms with Crippen molar-refractivity contribution in [2.45, 2.75) is 150 Å². The summed E-state index contributed by atoms with van der Waals surface area (Å²) < 4.78 is 143. The normalized spacial score (nSPS) is 32.7. The maximum atomic E-state index is 9.84. The molecular weight excluding hydrogens is 1560 g/mol. The van der Waals surface area contributed by atoms with Gasteiger partial charge < -0.3 is 74.1 Å². The second-order valence-corrected chi connectivity index (χ2v) is 59.8. The number of fused-ring (bicyclic) bond motifs is 12. The molecule has 0 spiro atoms. The van der Waals surface area contributed by atoms with Crippen LogP contribution in [0.2, 0.25) is 72.5 Å². The highest BCUT2D eigenvalue weighted by Gasteiger charge is 2.84. The maximum absolute atomic E-state index is 9.84. The van der Waals surface area contributed by atoms with Gasteiger partial charge in [-0.3, -0.25) is 0 Å². The first-order valence-corrected chi connectivity index (χ1v) is 55.4. The molecule has 0 aromatic carbocycles. The summed E-state index contributed by atoms with van der Waals surface area (Å²) in [6.45, 7) is -3.28. The maximum Gasteiger partial charge on any atom is 0.478 e. The Balaban J connectivity index is 1.86. The molecule has 6 aliphatic heterocycles. The molecule has 0 aromatic rings. The van der Waals surface area contributed by atoms with E-state index in [0.29, 0.717) is 0 Å². The van der Waals surface area contributed by atoms with Gasteiger partial charge in [-0.1, -0.05) is 61.4 Å². The molecule has 6 saturated heterocycles. The van der Waals surface area contributed by atoms with Gasteiger partial charge in [-0.25, -0.2) is 0 Å². The van der Waals surface area contributed by atoms with Crippen LogP contribution >= 0.6 is 0 Å². The van der Waals surface area contributed by atoms with Crippen LogP contribution in [0.3, 0.4) is 0 Å². The molecule has 6 aliphatic rings. The number of nitrogens with zero attached hydrogens (tertiary/aromatic N) is 36. The summed E-state index contributed by atoms with van der Waals surface area (Å²) in [5.41, 5.74) is 118. The number of hydrogen-bond donors (Lipinski definition) is 0. The number of hydrogen-bond acceptors (Lipinski definition) is 30. The Hall–Kier alpha value is -6.40. The van der Waals surface area contributed by atoms with E-state index in [1.165, 1.54) is 0 Å². The largest absolute Gasteiger partial charge is 0.478 e. The summed E-state index contributed by atoms with van der Waals surface area (Å²) >= 11 is 0. The Labute approximate surface area is 591 Å². The van der Waals surface area contributed by atoms with Crippen molar-refractivity contribution in [2.24, 2.45) is 61.4 Å². The second kappa shape index (κ2) is 40.2. The molecule has 6 rings (SSSR count). The fourth-order valence-corrected chi connectivity index (χ4v) is 87.2. The van der Waals surface area contributed by atoms with Crippen LogP contribution in [0.4, 0.5) is 0 Å². The molecule has 0 radical (unpaired) electrons. The monoisotopic (exact) mass is 1630 g/mol. The molecule has 0 saturated carbocycles. The van der Waals surface area contributed by atoms with Gasteiger partial charge in [-0.15, -0.1) is 0 Å². The Morgan fingerprint density at radius 2 is 0.206 bits per heavy atom. The van der Waals surface area contributed by atoms with E-state index in [2.05, 4.69) is 120 Å². The fourth-order valence-electron chi connectivity index (χ4n) is 11.8. The fraction of sp³-hybridized carbons (Fsp3) is 1.00. The zero-order chi connectivity index (χ0) is 73.2. The van der Waals surface area contributed by atoms with Gasteiger partial charge in [-0.05, 0) is 143 Å². The molecule has 552 valence electrons. The summed E-state index contributed by atoms with van der Waals surface area (Å²) in [6, 6.07) is -4.93. The van der Waals surface area contributed by atoms with Gasteiger partial charge >= 0.3 is 106 Å². The van der Waals surface area contributed by atoms with Crippen LogP contribution < -0.4 is 0 Å². The van der Waals surface area contributed by atoms with Crippen LogP contribution in [-0.2, 0) is 74.1 Å². The average Bonchev–Trinajstić information content (AvgIpc) is 0.687. The van der Waals surface area contributed by atoms with E-state index in [4.69, 9.17) is 74.1 Å². The lowest BCUT2D eigenvalue weighted by molar-refractivity contribution is -0.0284. The second-order valence-electron chi connectivity index (χ2n) is 22.7. The van der Waals surface area contributed by atoms with Crippen molar-refractivity contribution in [1.82, 2.24) is 0 Å². The zero-order valence-corrected chi connectivity index (χ0v) is 66.9.